The first-order valence-corrected chi connectivity index (χ1v) is 21.3. The summed E-state index contributed by atoms with van der Waals surface area (Å²) in [4.78, 5) is 17.5. The minimum absolute atomic E-state index is 0.141. The summed E-state index contributed by atoms with van der Waals surface area (Å²) < 4.78 is 33.2. The molecule has 0 spiro atoms. The molecule has 0 amide bonds. The van der Waals surface area contributed by atoms with Gasteiger partial charge in [0, 0.05) is 23.2 Å². The van der Waals surface area contributed by atoms with Gasteiger partial charge in [0.2, 0.25) is 0 Å². The molecule has 0 radical (unpaired) electrons. The van der Waals surface area contributed by atoms with E-state index in [9.17, 15) is 5.11 Å². The average Bonchev–Trinajstić information content (AvgIpc) is 3.76. The summed E-state index contributed by atoms with van der Waals surface area (Å²) in [6.45, 7) is 13.3. The number of hydrogen-bond acceptors (Lipinski definition) is 12. The highest BCUT2D eigenvalue weighted by Gasteiger charge is 2.37. The van der Waals surface area contributed by atoms with Crippen LogP contribution in [0.3, 0.4) is 0 Å². The monoisotopic (exact) mass is 870 g/mol. The third-order valence-corrected chi connectivity index (χ3v) is 14.0. The van der Waals surface area contributed by atoms with E-state index in [0.29, 0.717) is 56.1 Å². The van der Waals surface area contributed by atoms with Crippen LogP contribution in [0.1, 0.15) is 32.2 Å². The van der Waals surface area contributed by atoms with Crippen molar-refractivity contribution < 1.29 is 28.5 Å². The molecule has 0 atom stereocenters. The fourth-order valence-corrected chi connectivity index (χ4v) is 6.60. The van der Waals surface area contributed by atoms with Crippen molar-refractivity contribution in [3.8, 4) is 23.1 Å². The van der Waals surface area contributed by atoms with E-state index in [1.54, 1.807) is 54.6 Å². The average molecular weight is 873 g/mol. The van der Waals surface area contributed by atoms with Gasteiger partial charge in [-0.1, -0.05) is 52.6 Å². The zero-order valence-electron chi connectivity index (χ0n) is 30.8. The molecule has 0 aliphatic heterocycles. The summed E-state index contributed by atoms with van der Waals surface area (Å²) in [7, 11) is 1.41. The second-order valence-corrected chi connectivity index (χ2v) is 20.1. The van der Waals surface area contributed by atoms with Crippen molar-refractivity contribution in [3.63, 3.8) is 0 Å². The van der Waals surface area contributed by atoms with Gasteiger partial charge in [0.15, 0.2) is 20.0 Å². The van der Waals surface area contributed by atoms with E-state index in [-0.39, 0.29) is 11.6 Å². The Morgan fingerprint density at radius 3 is 1.60 bits per heavy atom. The first-order chi connectivity index (χ1) is 25.3. The topological polar surface area (TPSA) is 154 Å². The lowest BCUT2D eigenvalue weighted by Gasteiger charge is -2.36. The maximum absolute atomic E-state index is 9.21. The normalized spacial score (nSPS) is 11.9. The zero-order valence-corrected chi connectivity index (χ0v) is 35.0. The highest BCUT2D eigenvalue weighted by Crippen LogP contribution is 2.37. The van der Waals surface area contributed by atoms with Crippen LogP contribution in [0.5, 0.6) is 11.5 Å². The van der Waals surface area contributed by atoms with Gasteiger partial charge in [-0.3, -0.25) is 9.97 Å². The van der Waals surface area contributed by atoms with E-state index in [0.717, 1.165) is 42.2 Å². The van der Waals surface area contributed by atoms with E-state index < -0.39 is 8.32 Å². The van der Waals surface area contributed by atoms with Crippen LogP contribution in [-0.2, 0) is 27.1 Å². The fourth-order valence-electron chi connectivity index (χ4n) is 4.81. The Hall–Kier alpha value is -3.84. The predicted molar refractivity (Wildman–Crippen MR) is 211 cm³/mol. The van der Waals surface area contributed by atoms with Gasteiger partial charge < -0.3 is 28.5 Å². The Labute approximate surface area is 326 Å². The molecule has 1 N–H and O–H groups in total. The minimum Gasteiger partial charge on any atom is -0.490 e. The Bertz CT molecular complexity index is 2140. The first-order valence-electron chi connectivity index (χ1n) is 16.8. The largest absolute Gasteiger partial charge is 0.490 e. The SMILES string of the molecule is COCCOc1cc(Br)cc2c1cnn2-c1cncc(CO)n1.COCCOc1cc(Br)cc2c1cnn2-c1cncc(CO[Si](C)(C)C(C)(C)C)n1. The number of fused-ring (bicyclic) bond motifs is 2. The van der Waals surface area contributed by atoms with Gasteiger partial charge in [0.25, 0.3) is 0 Å². The summed E-state index contributed by atoms with van der Waals surface area (Å²) >= 11 is 7.04. The lowest BCUT2D eigenvalue weighted by atomic mass is 10.2. The summed E-state index contributed by atoms with van der Waals surface area (Å²) in [5.41, 5.74) is 2.98. The molecule has 14 nitrogen and oxygen atoms in total. The number of benzene rings is 2. The van der Waals surface area contributed by atoms with Gasteiger partial charge in [-0.05, 0) is 42.4 Å². The number of aromatic nitrogens is 8. The third kappa shape index (κ3) is 10.0. The molecule has 0 saturated carbocycles. The van der Waals surface area contributed by atoms with Crippen molar-refractivity contribution in [1.82, 2.24) is 39.5 Å². The van der Waals surface area contributed by atoms with Gasteiger partial charge in [0.05, 0.1) is 96.8 Å². The fraction of sp³-hybridized carbons (Fsp3) is 0.389. The van der Waals surface area contributed by atoms with Crippen molar-refractivity contribution in [2.24, 2.45) is 0 Å². The Morgan fingerprint density at radius 1 is 0.679 bits per heavy atom. The maximum atomic E-state index is 9.21. The van der Waals surface area contributed by atoms with Crippen LogP contribution in [0.25, 0.3) is 33.4 Å². The summed E-state index contributed by atoms with van der Waals surface area (Å²) in [5.74, 6) is 2.63. The lowest BCUT2D eigenvalue weighted by molar-refractivity contribution is 0.147. The number of ether oxygens (including phenoxy) is 4. The molecule has 53 heavy (non-hydrogen) atoms. The number of hydrogen-bond donors (Lipinski definition) is 1. The molecule has 0 aliphatic carbocycles. The Morgan fingerprint density at radius 2 is 1.15 bits per heavy atom. The van der Waals surface area contributed by atoms with Gasteiger partial charge >= 0.3 is 0 Å². The second kappa shape index (κ2) is 18.0. The highest BCUT2D eigenvalue weighted by atomic mass is 79.9. The van der Waals surface area contributed by atoms with E-state index in [1.807, 2.05) is 24.3 Å². The zero-order chi connectivity index (χ0) is 38.2. The molecule has 2 aromatic carbocycles. The number of aliphatic hydroxyl groups excluding tert-OH is 1. The minimum atomic E-state index is -1.87. The van der Waals surface area contributed by atoms with Crippen LogP contribution in [0.4, 0.5) is 0 Å². The second-order valence-electron chi connectivity index (χ2n) is 13.4. The molecule has 0 unspecified atom stereocenters. The smallest absolute Gasteiger partial charge is 0.192 e. The van der Waals surface area contributed by atoms with Crippen molar-refractivity contribution >= 4 is 62.0 Å². The van der Waals surface area contributed by atoms with Crippen LogP contribution in [-0.4, -0.2) is 93.6 Å². The highest BCUT2D eigenvalue weighted by molar-refractivity contribution is 9.10. The summed E-state index contributed by atoms with van der Waals surface area (Å²) in [6, 6.07) is 7.74. The van der Waals surface area contributed by atoms with Crippen molar-refractivity contribution in [2.75, 3.05) is 40.6 Å². The van der Waals surface area contributed by atoms with Crippen LogP contribution in [0.15, 0.2) is 70.4 Å². The van der Waals surface area contributed by atoms with E-state index in [2.05, 4.69) is 90.9 Å². The first kappa shape index (κ1) is 40.3. The van der Waals surface area contributed by atoms with Gasteiger partial charge in [-0.2, -0.15) is 10.2 Å². The molecule has 0 bridgehead atoms. The van der Waals surface area contributed by atoms with Gasteiger partial charge in [-0.25, -0.2) is 19.3 Å². The maximum Gasteiger partial charge on any atom is 0.192 e. The van der Waals surface area contributed by atoms with Crippen molar-refractivity contribution in [2.45, 2.75) is 52.1 Å². The summed E-state index contributed by atoms with van der Waals surface area (Å²) in [6.07, 6.45) is 10.1. The van der Waals surface area contributed by atoms with Gasteiger partial charge in [-0.15, -0.1) is 0 Å². The molecular weight excluding hydrogens is 828 g/mol. The van der Waals surface area contributed by atoms with Crippen LogP contribution in [0.2, 0.25) is 18.1 Å². The number of rotatable bonds is 14. The molecule has 0 saturated heterocycles. The number of methoxy groups -OCH3 is 2. The molecular formula is C36H44Br2N8O6Si. The van der Waals surface area contributed by atoms with Crippen LogP contribution in [0, 0.1) is 0 Å². The standard InChI is InChI=1S/C21H29BrN4O3Si.C15H15BrN4O3/c1-21(2,3)30(5,6)29-14-16-11-23-13-20(25-16)26-18-9-15(22)10-19(17(18)12-24-26)28-8-7-27-4;1-22-2-3-23-14-5-10(16)4-13-12(14)7-18-20(13)15-8-17-6-11(9-21)19-15/h9-13H,7-8,14H2,1-6H3;4-8,21H,2-3,9H2,1H3. The molecule has 17 heteroatoms. The Kier molecular flexibility index (Phi) is 13.7. The molecule has 6 aromatic rings. The van der Waals surface area contributed by atoms with Crippen LogP contribution < -0.4 is 9.47 Å². The Balaban J connectivity index is 0.000000211. The third-order valence-electron chi connectivity index (χ3n) is 8.65. The lowest BCUT2D eigenvalue weighted by Crippen LogP contribution is -2.40. The van der Waals surface area contributed by atoms with Crippen molar-refractivity contribution in [1.29, 1.82) is 0 Å². The summed E-state index contributed by atoms with van der Waals surface area (Å²) in [5, 5.41) is 20.0. The molecule has 4 aromatic heterocycles. The van der Waals surface area contributed by atoms with E-state index in [1.165, 1.54) is 6.20 Å². The molecule has 0 fully saturated rings. The van der Waals surface area contributed by atoms with Crippen LogP contribution >= 0.6 is 31.9 Å². The predicted octanol–water partition coefficient (Wildman–Crippen LogP) is 7.22. The van der Waals surface area contributed by atoms with Gasteiger partial charge in [0.1, 0.15) is 24.7 Å². The number of aliphatic hydroxyl groups is 1. The van der Waals surface area contributed by atoms with Crippen molar-refractivity contribution in [3.05, 3.63) is 81.8 Å². The number of nitrogens with zero attached hydrogens (tertiary/aromatic N) is 8. The molecule has 6 rings (SSSR count). The van der Waals surface area contributed by atoms with E-state index >= 15 is 0 Å². The quantitative estimate of drug-likeness (QED) is 0.0869. The van der Waals surface area contributed by atoms with E-state index in [4.69, 9.17) is 28.4 Å². The molecule has 0 aliphatic rings. The number of halogens is 2. The molecule has 4 heterocycles. The molecule has 282 valence electrons.